The van der Waals surface area contributed by atoms with Gasteiger partial charge in [-0.05, 0) is 56.7 Å². The number of hydrogen-bond acceptors (Lipinski definition) is 5. The maximum absolute atomic E-state index is 13.7. The summed E-state index contributed by atoms with van der Waals surface area (Å²) in [5.41, 5.74) is -5.12. The van der Waals surface area contributed by atoms with Crippen LogP contribution >= 0.6 is 0 Å². The lowest BCUT2D eigenvalue weighted by Gasteiger charge is -2.39. The SMILES string of the molecule is CC(C)(N(C(=O)O)c1ccc2c(c1)N(S(=O)(=O)c1cccc(C(F)(F)F)c1)C[C@H](CCC#N)O2)C(F)(F)F. The van der Waals surface area contributed by atoms with Crippen molar-refractivity contribution >= 4 is 27.5 Å². The maximum atomic E-state index is 13.7. The minimum Gasteiger partial charge on any atom is -0.486 e. The number of alkyl halides is 6. The number of nitrogens with zero attached hydrogens (tertiary/aromatic N) is 3. The number of rotatable bonds is 6. The molecule has 0 fully saturated rings. The summed E-state index contributed by atoms with van der Waals surface area (Å²) in [5.74, 6) is -0.173. The molecule has 0 radical (unpaired) electrons. The standard InChI is InChI=1S/C23H21F6N3O5S/c1-21(2,23(27,28)29)32(20(33)34)15-8-9-19-18(12-15)31(13-16(37-19)6-4-10-30)38(35,36)17-7-3-5-14(11-17)22(24,25)26/h3,5,7-9,11-12,16H,4,6,13H2,1-2H3,(H,33,34)/t16-/m0/s1. The Hall–Kier alpha value is -3.67. The predicted molar refractivity (Wildman–Crippen MR) is 122 cm³/mol. The molecule has 0 saturated heterocycles. The van der Waals surface area contributed by atoms with Crippen LogP contribution in [0.5, 0.6) is 5.75 Å². The highest BCUT2D eigenvalue weighted by Crippen LogP contribution is 2.44. The van der Waals surface area contributed by atoms with Gasteiger partial charge >= 0.3 is 18.4 Å². The maximum Gasteiger partial charge on any atom is 0.416 e. The van der Waals surface area contributed by atoms with Gasteiger partial charge in [-0.15, -0.1) is 0 Å². The van der Waals surface area contributed by atoms with E-state index in [0.29, 0.717) is 30.3 Å². The number of halogens is 6. The number of carboxylic acid groups (broad SMARTS) is 1. The number of anilines is 2. The van der Waals surface area contributed by atoms with Crippen molar-refractivity contribution in [2.24, 2.45) is 0 Å². The topological polar surface area (TPSA) is 111 Å². The summed E-state index contributed by atoms with van der Waals surface area (Å²) >= 11 is 0. The molecule has 206 valence electrons. The van der Waals surface area contributed by atoms with Gasteiger partial charge in [-0.2, -0.15) is 31.6 Å². The van der Waals surface area contributed by atoms with Crippen LogP contribution in [0.3, 0.4) is 0 Å². The highest BCUT2D eigenvalue weighted by Gasteiger charge is 2.54. The van der Waals surface area contributed by atoms with E-state index in [0.717, 1.165) is 30.3 Å². The quantitative estimate of drug-likeness (QED) is 0.444. The molecule has 0 aromatic heterocycles. The van der Waals surface area contributed by atoms with E-state index < -0.39 is 62.8 Å². The zero-order valence-corrected chi connectivity index (χ0v) is 20.7. The fourth-order valence-electron chi connectivity index (χ4n) is 3.80. The molecule has 0 aliphatic carbocycles. The van der Waals surface area contributed by atoms with Crippen molar-refractivity contribution < 1.29 is 49.4 Å². The van der Waals surface area contributed by atoms with E-state index in [1.165, 1.54) is 0 Å². The molecule has 2 aromatic carbocycles. The Morgan fingerprint density at radius 2 is 1.82 bits per heavy atom. The normalized spacial score (nSPS) is 16.3. The molecule has 1 aliphatic heterocycles. The Labute approximate surface area is 213 Å². The third-order valence-corrected chi connectivity index (χ3v) is 7.68. The number of amides is 1. The van der Waals surface area contributed by atoms with Crippen molar-refractivity contribution in [1.82, 2.24) is 0 Å². The molecule has 1 amide bonds. The molecule has 1 atom stereocenters. The van der Waals surface area contributed by atoms with Crippen LogP contribution in [0.15, 0.2) is 47.4 Å². The predicted octanol–water partition coefficient (Wildman–Crippen LogP) is 5.79. The minimum atomic E-state index is -5.02. The highest BCUT2D eigenvalue weighted by molar-refractivity contribution is 7.92. The molecular formula is C23H21F6N3O5S. The molecule has 1 aliphatic rings. The summed E-state index contributed by atoms with van der Waals surface area (Å²) in [6.07, 6.45) is -12.8. The molecule has 0 saturated carbocycles. The smallest absolute Gasteiger partial charge is 0.416 e. The Kier molecular flexibility index (Phi) is 7.53. The number of ether oxygens (including phenoxy) is 1. The first-order valence-electron chi connectivity index (χ1n) is 10.9. The summed E-state index contributed by atoms with van der Waals surface area (Å²) in [4.78, 5) is 11.1. The molecule has 15 heteroatoms. The van der Waals surface area contributed by atoms with E-state index in [2.05, 4.69) is 0 Å². The number of nitriles is 1. The van der Waals surface area contributed by atoms with Crippen molar-refractivity contribution in [2.75, 3.05) is 15.7 Å². The van der Waals surface area contributed by atoms with Crippen molar-refractivity contribution in [1.29, 1.82) is 5.26 Å². The average molecular weight is 565 g/mol. The molecule has 8 nitrogen and oxygen atoms in total. The summed E-state index contributed by atoms with van der Waals surface area (Å²) in [5, 5.41) is 18.5. The highest BCUT2D eigenvalue weighted by atomic mass is 32.2. The Bertz CT molecular complexity index is 1370. The summed E-state index contributed by atoms with van der Waals surface area (Å²) in [6.45, 7) is 0.741. The number of benzene rings is 2. The van der Waals surface area contributed by atoms with Crippen molar-refractivity contribution in [2.45, 2.75) is 55.6 Å². The number of hydrogen-bond donors (Lipinski definition) is 1. The molecule has 1 N–H and O–H groups in total. The van der Waals surface area contributed by atoms with Gasteiger partial charge in [0.15, 0.2) is 0 Å². The first-order valence-corrected chi connectivity index (χ1v) is 12.3. The Morgan fingerprint density at radius 3 is 2.37 bits per heavy atom. The Morgan fingerprint density at radius 1 is 1.16 bits per heavy atom. The van der Waals surface area contributed by atoms with E-state index in [9.17, 15) is 44.7 Å². The number of carbonyl (C=O) groups is 1. The van der Waals surface area contributed by atoms with Crippen LogP contribution in [-0.4, -0.2) is 44.0 Å². The van der Waals surface area contributed by atoms with Gasteiger partial charge in [0.25, 0.3) is 10.0 Å². The van der Waals surface area contributed by atoms with Gasteiger partial charge in [0.1, 0.15) is 17.4 Å². The first kappa shape index (κ1) is 28.9. The molecule has 38 heavy (non-hydrogen) atoms. The van der Waals surface area contributed by atoms with Crippen LogP contribution < -0.4 is 13.9 Å². The first-order chi connectivity index (χ1) is 17.4. The molecular weight excluding hydrogens is 544 g/mol. The molecule has 1 heterocycles. The Balaban J connectivity index is 2.20. The lowest BCUT2D eigenvalue weighted by atomic mass is 10.0. The van der Waals surface area contributed by atoms with Gasteiger partial charge in [0.2, 0.25) is 0 Å². The second kappa shape index (κ2) is 9.90. The summed E-state index contributed by atoms with van der Waals surface area (Å²) < 4.78 is 114. The average Bonchev–Trinajstić information content (AvgIpc) is 2.80. The third-order valence-electron chi connectivity index (χ3n) is 5.90. The lowest BCUT2D eigenvalue weighted by Crippen LogP contribution is -2.57. The van der Waals surface area contributed by atoms with Crippen LogP contribution in [0, 0.1) is 11.3 Å². The third kappa shape index (κ3) is 5.45. The molecule has 2 aromatic rings. The zero-order valence-electron chi connectivity index (χ0n) is 19.8. The fourth-order valence-corrected chi connectivity index (χ4v) is 5.35. The van der Waals surface area contributed by atoms with Crippen LogP contribution in [0.2, 0.25) is 0 Å². The zero-order chi connectivity index (χ0) is 28.7. The molecule has 0 bridgehead atoms. The van der Waals surface area contributed by atoms with Crippen molar-refractivity contribution in [3.63, 3.8) is 0 Å². The monoisotopic (exact) mass is 565 g/mol. The van der Waals surface area contributed by atoms with Gasteiger partial charge in [-0.1, -0.05) is 6.07 Å². The molecule has 0 spiro atoms. The van der Waals surface area contributed by atoms with Gasteiger partial charge < -0.3 is 9.84 Å². The molecule has 0 unspecified atom stereocenters. The van der Waals surface area contributed by atoms with E-state index in [-0.39, 0.29) is 29.2 Å². The molecule has 3 rings (SSSR count). The minimum absolute atomic E-state index is 0.00409. The van der Waals surface area contributed by atoms with Crippen molar-refractivity contribution in [3.05, 3.63) is 48.0 Å². The van der Waals surface area contributed by atoms with Gasteiger partial charge in [0.05, 0.1) is 34.4 Å². The summed E-state index contributed by atoms with van der Waals surface area (Å²) in [6, 6.07) is 7.66. The van der Waals surface area contributed by atoms with Crippen LogP contribution in [0.25, 0.3) is 0 Å². The van der Waals surface area contributed by atoms with Gasteiger partial charge in [-0.3, -0.25) is 9.21 Å². The van der Waals surface area contributed by atoms with E-state index >= 15 is 0 Å². The number of sulfonamides is 1. The van der Waals surface area contributed by atoms with Crippen molar-refractivity contribution in [3.8, 4) is 11.8 Å². The lowest BCUT2D eigenvalue weighted by molar-refractivity contribution is -0.175. The second-order valence-electron chi connectivity index (χ2n) is 8.83. The fraction of sp³-hybridized carbons (Fsp3) is 0.391. The van der Waals surface area contributed by atoms with Crippen LogP contribution in [-0.2, 0) is 16.2 Å². The second-order valence-corrected chi connectivity index (χ2v) is 10.7. The van der Waals surface area contributed by atoms with E-state index in [1.54, 1.807) is 0 Å². The van der Waals surface area contributed by atoms with Crippen LogP contribution in [0.4, 0.5) is 42.5 Å². The van der Waals surface area contributed by atoms with E-state index in [1.807, 2.05) is 6.07 Å². The van der Waals surface area contributed by atoms with E-state index in [4.69, 9.17) is 10.00 Å². The summed E-state index contributed by atoms with van der Waals surface area (Å²) in [7, 11) is -4.76. The largest absolute Gasteiger partial charge is 0.486 e. The van der Waals surface area contributed by atoms with Crippen LogP contribution in [0.1, 0.15) is 32.3 Å². The number of fused-ring (bicyclic) bond motifs is 1. The van der Waals surface area contributed by atoms with Gasteiger partial charge in [-0.25, -0.2) is 13.2 Å². The van der Waals surface area contributed by atoms with Gasteiger partial charge in [0, 0.05) is 6.42 Å².